The topological polar surface area (TPSA) is 112 Å². The smallest absolute Gasteiger partial charge is 0.328 e. The van der Waals surface area contributed by atoms with Crippen molar-refractivity contribution in [2.45, 2.75) is 12.1 Å². The molecule has 0 radical (unpaired) electrons. The first-order valence-electron chi connectivity index (χ1n) is 5.72. The van der Waals surface area contributed by atoms with Gasteiger partial charge in [0.25, 0.3) is 10.1 Å². The summed E-state index contributed by atoms with van der Waals surface area (Å²) in [7, 11) is -2.18. The van der Waals surface area contributed by atoms with Gasteiger partial charge in [0.15, 0.2) is 5.13 Å². The summed E-state index contributed by atoms with van der Waals surface area (Å²) in [6, 6.07) is -0.908. The highest BCUT2D eigenvalue weighted by molar-refractivity contribution is 7.86. The van der Waals surface area contributed by atoms with Crippen LogP contribution in [0.4, 0.5) is 5.13 Å². The van der Waals surface area contributed by atoms with E-state index in [0.29, 0.717) is 23.9 Å². The zero-order chi connectivity index (χ0) is 14.9. The van der Waals surface area contributed by atoms with Gasteiger partial charge in [-0.15, -0.1) is 11.3 Å². The van der Waals surface area contributed by atoms with Crippen LogP contribution in [0.5, 0.6) is 0 Å². The van der Waals surface area contributed by atoms with Crippen LogP contribution in [0.25, 0.3) is 0 Å². The summed E-state index contributed by atoms with van der Waals surface area (Å²) in [5.74, 6) is -0.552. The number of esters is 1. The van der Waals surface area contributed by atoms with E-state index in [9.17, 15) is 13.2 Å². The maximum atomic E-state index is 11.3. The Hall–Kier alpha value is -1.23. The van der Waals surface area contributed by atoms with E-state index in [-0.39, 0.29) is 6.10 Å². The van der Waals surface area contributed by atoms with E-state index in [0.717, 1.165) is 6.26 Å². The van der Waals surface area contributed by atoms with Crippen LogP contribution >= 0.6 is 11.3 Å². The van der Waals surface area contributed by atoms with Gasteiger partial charge in [-0.2, -0.15) is 8.42 Å². The number of thiazole rings is 1. The van der Waals surface area contributed by atoms with Crippen molar-refractivity contribution in [1.82, 2.24) is 4.98 Å². The molecule has 1 aromatic heterocycles. The van der Waals surface area contributed by atoms with Crippen LogP contribution in [-0.2, 0) is 23.8 Å². The van der Waals surface area contributed by atoms with Gasteiger partial charge in [0.05, 0.1) is 19.1 Å². The molecule has 2 heterocycles. The van der Waals surface area contributed by atoms with E-state index in [1.807, 2.05) is 4.90 Å². The van der Waals surface area contributed by atoms with Crippen LogP contribution < -0.4 is 10.6 Å². The standard InChI is InChI=1S/C10H15N3O5S2/c1-17-9(14)8(11)7-5-19-10(12-7)13-3-6(4-13)18-20(2,15)16/h5-6,8H,3-4,11H2,1-2H3. The summed E-state index contributed by atoms with van der Waals surface area (Å²) in [6.45, 7) is 0.876. The summed E-state index contributed by atoms with van der Waals surface area (Å²) < 4.78 is 31.3. The molecule has 8 nitrogen and oxygen atoms in total. The number of methoxy groups -OCH3 is 1. The molecule has 10 heteroatoms. The second-order valence-electron chi connectivity index (χ2n) is 4.38. The van der Waals surface area contributed by atoms with Crippen LogP contribution in [0.1, 0.15) is 11.7 Å². The van der Waals surface area contributed by atoms with Crippen molar-refractivity contribution in [3.63, 3.8) is 0 Å². The first kappa shape index (κ1) is 15.2. The van der Waals surface area contributed by atoms with Crippen molar-refractivity contribution in [3.8, 4) is 0 Å². The molecular weight excluding hydrogens is 306 g/mol. The van der Waals surface area contributed by atoms with Crippen molar-refractivity contribution in [2.24, 2.45) is 5.73 Å². The molecule has 20 heavy (non-hydrogen) atoms. The Bertz CT molecular complexity index is 594. The number of ether oxygens (including phenoxy) is 1. The molecule has 0 aromatic carbocycles. The van der Waals surface area contributed by atoms with E-state index in [2.05, 4.69) is 9.72 Å². The van der Waals surface area contributed by atoms with E-state index in [4.69, 9.17) is 9.92 Å². The fraction of sp³-hybridized carbons (Fsp3) is 0.600. The number of anilines is 1. The molecular formula is C10H15N3O5S2. The van der Waals surface area contributed by atoms with Crippen LogP contribution in [-0.4, -0.2) is 51.9 Å². The lowest BCUT2D eigenvalue weighted by molar-refractivity contribution is -0.142. The first-order valence-corrected chi connectivity index (χ1v) is 8.42. The van der Waals surface area contributed by atoms with E-state index in [1.54, 1.807) is 5.38 Å². The first-order chi connectivity index (χ1) is 9.30. The largest absolute Gasteiger partial charge is 0.468 e. The highest BCUT2D eigenvalue weighted by Gasteiger charge is 2.33. The predicted molar refractivity (Wildman–Crippen MR) is 73.0 cm³/mol. The quantitative estimate of drug-likeness (QED) is 0.569. The number of carbonyl (C=O) groups is 1. The van der Waals surface area contributed by atoms with Gasteiger partial charge in [-0.3, -0.25) is 4.18 Å². The summed E-state index contributed by atoms with van der Waals surface area (Å²) in [4.78, 5) is 17.4. The molecule has 1 atom stereocenters. The lowest BCUT2D eigenvalue weighted by Crippen LogP contribution is -2.53. The van der Waals surface area contributed by atoms with Gasteiger partial charge in [0.1, 0.15) is 12.1 Å². The number of nitrogens with zero attached hydrogens (tertiary/aromatic N) is 2. The maximum absolute atomic E-state index is 11.3. The van der Waals surface area contributed by atoms with Crippen LogP contribution in [0.15, 0.2) is 5.38 Å². The summed E-state index contributed by atoms with van der Waals surface area (Å²) in [5, 5.41) is 2.36. The number of rotatable bonds is 5. The minimum absolute atomic E-state index is 0.355. The zero-order valence-corrected chi connectivity index (χ0v) is 12.6. The molecule has 112 valence electrons. The molecule has 0 spiro atoms. The highest BCUT2D eigenvalue weighted by Crippen LogP contribution is 2.28. The van der Waals surface area contributed by atoms with E-state index >= 15 is 0 Å². The average Bonchev–Trinajstić information content (AvgIpc) is 2.79. The molecule has 2 N–H and O–H groups in total. The fourth-order valence-electron chi connectivity index (χ4n) is 1.71. The number of carbonyl (C=O) groups excluding carboxylic acids is 1. The lowest BCUT2D eigenvalue weighted by atomic mass is 10.2. The number of aromatic nitrogens is 1. The fourth-order valence-corrected chi connectivity index (χ4v) is 3.21. The van der Waals surface area contributed by atoms with Gasteiger partial charge >= 0.3 is 5.97 Å². The molecule has 1 aliphatic rings. The van der Waals surface area contributed by atoms with E-state index < -0.39 is 22.1 Å². The van der Waals surface area contributed by atoms with Crippen molar-refractivity contribution in [2.75, 3.05) is 31.4 Å². The number of nitrogens with two attached hydrogens (primary N) is 1. The molecule has 0 amide bonds. The Kier molecular flexibility index (Phi) is 4.28. The molecule has 0 saturated carbocycles. The van der Waals surface area contributed by atoms with Gasteiger partial charge in [0.2, 0.25) is 0 Å². The molecule has 1 saturated heterocycles. The highest BCUT2D eigenvalue weighted by atomic mass is 32.2. The number of hydrogen-bond donors (Lipinski definition) is 1. The Labute approximate surface area is 120 Å². The van der Waals surface area contributed by atoms with Gasteiger partial charge in [-0.05, 0) is 0 Å². The molecule has 1 fully saturated rings. The Morgan fingerprint density at radius 3 is 2.80 bits per heavy atom. The third-order valence-electron chi connectivity index (χ3n) is 2.71. The SMILES string of the molecule is COC(=O)C(N)c1csc(N2CC(OS(C)(=O)=O)C2)n1. The minimum Gasteiger partial charge on any atom is -0.468 e. The summed E-state index contributed by atoms with van der Waals surface area (Å²) in [5.41, 5.74) is 6.11. The Balaban J connectivity index is 1.94. The Morgan fingerprint density at radius 2 is 2.25 bits per heavy atom. The molecule has 2 rings (SSSR count). The summed E-state index contributed by atoms with van der Waals surface area (Å²) in [6.07, 6.45) is 0.665. The second kappa shape index (κ2) is 5.64. The third kappa shape index (κ3) is 3.45. The Morgan fingerprint density at radius 1 is 1.60 bits per heavy atom. The van der Waals surface area contributed by atoms with Gasteiger partial charge < -0.3 is 15.4 Å². The normalized spacial score (nSPS) is 17.6. The average molecular weight is 321 g/mol. The van der Waals surface area contributed by atoms with Gasteiger partial charge in [-0.25, -0.2) is 9.78 Å². The van der Waals surface area contributed by atoms with Crippen LogP contribution in [0.3, 0.4) is 0 Å². The van der Waals surface area contributed by atoms with Gasteiger partial charge in [-0.1, -0.05) is 0 Å². The van der Waals surface area contributed by atoms with Gasteiger partial charge in [0, 0.05) is 18.5 Å². The second-order valence-corrected chi connectivity index (χ2v) is 6.82. The van der Waals surface area contributed by atoms with Crippen LogP contribution in [0.2, 0.25) is 0 Å². The lowest BCUT2D eigenvalue weighted by Gasteiger charge is -2.37. The predicted octanol–water partition coefficient (Wildman–Crippen LogP) is -0.519. The molecule has 1 aliphatic heterocycles. The zero-order valence-electron chi connectivity index (χ0n) is 11.0. The molecule has 0 bridgehead atoms. The number of hydrogen-bond acceptors (Lipinski definition) is 9. The van der Waals surface area contributed by atoms with Crippen molar-refractivity contribution in [3.05, 3.63) is 11.1 Å². The van der Waals surface area contributed by atoms with E-state index in [1.165, 1.54) is 18.4 Å². The van der Waals surface area contributed by atoms with Crippen molar-refractivity contribution < 1.29 is 22.1 Å². The molecule has 0 aliphatic carbocycles. The third-order valence-corrected chi connectivity index (χ3v) is 4.25. The van der Waals surface area contributed by atoms with Crippen molar-refractivity contribution >= 4 is 32.6 Å². The molecule has 1 aromatic rings. The minimum atomic E-state index is -3.44. The van der Waals surface area contributed by atoms with Crippen molar-refractivity contribution in [1.29, 1.82) is 0 Å². The van der Waals surface area contributed by atoms with Crippen LogP contribution in [0, 0.1) is 0 Å². The maximum Gasteiger partial charge on any atom is 0.328 e. The summed E-state index contributed by atoms with van der Waals surface area (Å²) >= 11 is 1.33. The monoisotopic (exact) mass is 321 g/mol. The molecule has 1 unspecified atom stereocenters.